The highest BCUT2D eigenvalue weighted by Gasteiger charge is 2.58. The van der Waals surface area contributed by atoms with E-state index in [-0.39, 0.29) is 23.3 Å². The summed E-state index contributed by atoms with van der Waals surface area (Å²) >= 11 is 0. The molecule has 1 spiro atoms. The topological polar surface area (TPSA) is 84.7 Å². The van der Waals surface area contributed by atoms with Crippen molar-refractivity contribution in [2.75, 3.05) is 13.1 Å². The zero-order valence-electron chi connectivity index (χ0n) is 11.9. The molecule has 1 saturated heterocycles. The molecule has 0 radical (unpaired) electrons. The lowest BCUT2D eigenvalue weighted by Gasteiger charge is -2.34. The van der Waals surface area contributed by atoms with Crippen LogP contribution >= 0.6 is 0 Å². The van der Waals surface area contributed by atoms with Crippen molar-refractivity contribution in [2.45, 2.75) is 45.6 Å². The van der Waals surface area contributed by atoms with Crippen LogP contribution in [0, 0.1) is 11.3 Å². The predicted octanol–water partition coefficient (Wildman–Crippen LogP) is 1.01. The summed E-state index contributed by atoms with van der Waals surface area (Å²) in [5.74, 6) is 5.11. The van der Waals surface area contributed by atoms with Crippen LogP contribution in [-0.4, -0.2) is 35.6 Å². The maximum Gasteiger partial charge on any atom is 0.410 e. The van der Waals surface area contributed by atoms with Crippen molar-refractivity contribution in [3.8, 4) is 0 Å². The summed E-state index contributed by atoms with van der Waals surface area (Å²) in [6.07, 6.45) is 2.33. The lowest BCUT2D eigenvalue weighted by atomic mass is 9.91. The molecule has 0 bridgehead atoms. The molecule has 1 heterocycles. The van der Waals surface area contributed by atoms with Crippen LogP contribution in [0.4, 0.5) is 4.79 Å². The van der Waals surface area contributed by atoms with E-state index in [9.17, 15) is 9.59 Å². The Morgan fingerprint density at radius 3 is 2.37 bits per heavy atom. The van der Waals surface area contributed by atoms with Gasteiger partial charge in [0.05, 0.1) is 0 Å². The van der Waals surface area contributed by atoms with Gasteiger partial charge in [-0.05, 0) is 45.4 Å². The number of carbonyl (C=O) groups excluding carboxylic acids is 2. The van der Waals surface area contributed by atoms with Crippen molar-refractivity contribution in [3.05, 3.63) is 0 Å². The number of hydrogen-bond acceptors (Lipinski definition) is 4. The summed E-state index contributed by atoms with van der Waals surface area (Å²) < 4.78 is 5.35. The molecule has 2 aliphatic rings. The fourth-order valence-electron chi connectivity index (χ4n) is 2.83. The minimum atomic E-state index is -0.465. The Morgan fingerprint density at radius 1 is 1.32 bits per heavy atom. The van der Waals surface area contributed by atoms with Crippen LogP contribution in [0.3, 0.4) is 0 Å². The minimum Gasteiger partial charge on any atom is -0.444 e. The predicted molar refractivity (Wildman–Crippen MR) is 69.9 cm³/mol. The number of likely N-dealkylation sites (tertiary alicyclic amines) is 1. The molecule has 2 amide bonds. The van der Waals surface area contributed by atoms with Crippen LogP contribution in [0.5, 0.6) is 0 Å². The van der Waals surface area contributed by atoms with E-state index < -0.39 is 5.60 Å². The van der Waals surface area contributed by atoms with Gasteiger partial charge < -0.3 is 9.64 Å². The number of amides is 2. The van der Waals surface area contributed by atoms with Gasteiger partial charge in [0.15, 0.2) is 0 Å². The van der Waals surface area contributed by atoms with Gasteiger partial charge >= 0.3 is 6.09 Å². The summed E-state index contributed by atoms with van der Waals surface area (Å²) in [6.45, 7) is 6.89. The molecule has 1 aliphatic heterocycles. The largest absolute Gasteiger partial charge is 0.444 e. The molecule has 6 heteroatoms. The second-order valence-corrected chi connectivity index (χ2v) is 6.60. The molecule has 1 unspecified atom stereocenters. The molecule has 1 atom stereocenters. The van der Waals surface area contributed by atoms with Crippen molar-refractivity contribution in [1.29, 1.82) is 0 Å². The van der Waals surface area contributed by atoms with E-state index in [0.29, 0.717) is 13.1 Å². The normalized spacial score (nSPS) is 25.1. The average molecular weight is 269 g/mol. The van der Waals surface area contributed by atoms with E-state index in [4.69, 9.17) is 10.6 Å². The minimum absolute atomic E-state index is 0.0262. The molecule has 1 aliphatic carbocycles. The Kier molecular flexibility index (Phi) is 3.47. The molecule has 1 saturated carbocycles. The molecule has 2 fully saturated rings. The van der Waals surface area contributed by atoms with Gasteiger partial charge in [0.25, 0.3) is 0 Å². The number of rotatable bonds is 1. The smallest absolute Gasteiger partial charge is 0.410 e. The van der Waals surface area contributed by atoms with E-state index in [1.165, 1.54) is 0 Å². The number of hydrazine groups is 1. The molecule has 0 aromatic carbocycles. The van der Waals surface area contributed by atoms with E-state index in [0.717, 1.165) is 19.3 Å². The average Bonchev–Trinajstić information content (AvgIpc) is 3.01. The first kappa shape index (κ1) is 14.1. The Labute approximate surface area is 113 Å². The van der Waals surface area contributed by atoms with Crippen LogP contribution in [0.1, 0.15) is 40.0 Å². The standard InChI is InChI=1S/C13H23N3O3/c1-12(2,3)19-11(18)16-6-4-13(5-7-16)8-9(13)10(17)15-14/h9H,4-8,14H2,1-3H3,(H,15,17). The molecule has 6 nitrogen and oxygen atoms in total. The number of nitrogens with zero attached hydrogens (tertiary/aromatic N) is 1. The molecular formula is C13H23N3O3. The maximum absolute atomic E-state index is 11.9. The zero-order chi connectivity index (χ0) is 14.3. The number of carbonyl (C=O) groups is 2. The van der Waals surface area contributed by atoms with E-state index >= 15 is 0 Å². The highest BCUT2D eigenvalue weighted by Crippen LogP contribution is 2.59. The quantitative estimate of drug-likeness (QED) is 0.423. The molecule has 3 N–H and O–H groups in total. The molecule has 19 heavy (non-hydrogen) atoms. The molecule has 2 rings (SSSR count). The Bertz CT molecular complexity index is 381. The van der Waals surface area contributed by atoms with Crippen molar-refractivity contribution >= 4 is 12.0 Å². The van der Waals surface area contributed by atoms with Gasteiger partial charge in [-0.15, -0.1) is 0 Å². The maximum atomic E-state index is 11.9. The number of piperidine rings is 1. The molecule has 0 aromatic rings. The van der Waals surface area contributed by atoms with Gasteiger partial charge in [-0.25, -0.2) is 10.6 Å². The summed E-state index contributed by atoms with van der Waals surface area (Å²) in [5.41, 5.74) is 1.83. The molecular weight excluding hydrogens is 246 g/mol. The summed E-state index contributed by atoms with van der Waals surface area (Å²) in [7, 11) is 0. The Hall–Kier alpha value is -1.30. The number of hydrogen-bond donors (Lipinski definition) is 2. The first-order valence-electron chi connectivity index (χ1n) is 6.76. The third-order valence-electron chi connectivity index (χ3n) is 4.06. The Balaban J connectivity index is 1.84. The lowest BCUT2D eigenvalue weighted by molar-refractivity contribution is -0.123. The number of nitrogens with two attached hydrogens (primary N) is 1. The van der Waals surface area contributed by atoms with E-state index in [1.54, 1.807) is 4.90 Å². The fourth-order valence-corrected chi connectivity index (χ4v) is 2.83. The van der Waals surface area contributed by atoms with Gasteiger partial charge in [0, 0.05) is 19.0 Å². The van der Waals surface area contributed by atoms with Crippen molar-refractivity contribution in [2.24, 2.45) is 17.2 Å². The number of ether oxygens (including phenoxy) is 1. The fraction of sp³-hybridized carbons (Fsp3) is 0.846. The van der Waals surface area contributed by atoms with Crippen LogP contribution in [0.25, 0.3) is 0 Å². The van der Waals surface area contributed by atoms with Crippen LogP contribution in [0.15, 0.2) is 0 Å². The van der Waals surface area contributed by atoms with E-state index in [2.05, 4.69) is 5.43 Å². The van der Waals surface area contributed by atoms with Crippen molar-refractivity contribution in [1.82, 2.24) is 10.3 Å². The van der Waals surface area contributed by atoms with Gasteiger partial charge in [-0.2, -0.15) is 0 Å². The zero-order valence-corrected chi connectivity index (χ0v) is 11.9. The Morgan fingerprint density at radius 2 is 1.89 bits per heavy atom. The van der Waals surface area contributed by atoms with Gasteiger partial charge in [-0.3, -0.25) is 10.2 Å². The van der Waals surface area contributed by atoms with Gasteiger partial charge in [-0.1, -0.05) is 0 Å². The second-order valence-electron chi connectivity index (χ2n) is 6.60. The summed E-state index contributed by atoms with van der Waals surface area (Å²) in [4.78, 5) is 25.2. The van der Waals surface area contributed by atoms with Crippen molar-refractivity contribution in [3.63, 3.8) is 0 Å². The lowest BCUT2D eigenvalue weighted by Crippen LogP contribution is -2.43. The van der Waals surface area contributed by atoms with Gasteiger partial charge in [0.1, 0.15) is 5.60 Å². The highest BCUT2D eigenvalue weighted by molar-refractivity contribution is 5.82. The molecule has 108 valence electrons. The third-order valence-corrected chi connectivity index (χ3v) is 4.06. The SMILES string of the molecule is CC(C)(C)OC(=O)N1CCC2(CC1)CC2C(=O)NN. The van der Waals surface area contributed by atoms with E-state index in [1.807, 2.05) is 20.8 Å². The first-order valence-corrected chi connectivity index (χ1v) is 6.76. The highest BCUT2D eigenvalue weighted by atomic mass is 16.6. The van der Waals surface area contributed by atoms with Crippen molar-refractivity contribution < 1.29 is 14.3 Å². The second kappa shape index (κ2) is 4.67. The number of nitrogens with one attached hydrogen (secondary N) is 1. The van der Waals surface area contributed by atoms with Crippen LogP contribution in [0.2, 0.25) is 0 Å². The summed E-state index contributed by atoms with van der Waals surface area (Å²) in [5, 5.41) is 0. The van der Waals surface area contributed by atoms with Gasteiger partial charge in [0.2, 0.25) is 5.91 Å². The van der Waals surface area contributed by atoms with Crippen LogP contribution in [-0.2, 0) is 9.53 Å². The molecule has 0 aromatic heterocycles. The summed E-state index contributed by atoms with van der Waals surface area (Å²) in [6, 6.07) is 0. The monoisotopic (exact) mass is 269 g/mol. The third kappa shape index (κ3) is 3.00. The van der Waals surface area contributed by atoms with Crippen LogP contribution < -0.4 is 11.3 Å². The first-order chi connectivity index (χ1) is 8.77.